The second-order valence-electron chi connectivity index (χ2n) is 11.3. The number of hydrogen-bond acceptors (Lipinski definition) is 9. The average Bonchev–Trinajstić information content (AvgIpc) is 3.56. The third-order valence-electron chi connectivity index (χ3n) is 7.55. The number of aromatic nitrogens is 3. The van der Waals surface area contributed by atoms with Gasteiger partial charge in [0, 0.05) is 17.5 Å². The Morgan fingerprint density at radius 1 is 1.23 bits per heavy atom. The number of ether oxygens (including phenoxy) is 2. The molecule has 0 radical (unpaired) electrons. The average molecular weight is 623 g/mol. The molecule has 0 fully saturated rings. The van der Waals surface area contributed by atoms with E-state index < -0.39 is 0 Å². The molecule has 3 aromatic rings. The van der Waals surface area contributed by atoms with E-state index in [1.165, 1.54) is 34.1 Å². The van der Waals surface area contributed by atoms with E-state index in [2.05, 4.69) is 47.7 Å². The van der Waals surface area contributed by atoms with Gasteiger partial charge in [-0.05, 0) is 66.9 Å². The van der Waals surface area contributed by atoms with Gasteiger partial charge in [0.15, 0.2) is 22.5 Å². The molecular weight excluding hydrogens is 585 g/mol. The number of carbonyl (C=O) groups excluding carboxylic acids is 2. The highest BCUT2D eigenvalue weighted by atomic mass is 32.2. The van der Waals surface area contributed by atoms with E-state index in [0.717, 1.165) is 30.4 Å². The molecule has 1 atom stereocenters. The summed E-state index contributed by atoms with van der Waals surface area (Å²) in [5.41, 5.74) is 2.68. The molecule has 10 nitrogen and oxygen atoms in total. The molecular formula is C31H38N6O4S2. The Hall–Kier alpha value is -3.82. The van der Waals surface area contributed by atoms with Crippen molar-refractivity contribution >= 4 is 46.0 Å². The highest BCUT2D eigenvalue weighted by molar-refractivity contribution is 7.99. The number of thiophene rings is 1. The molecule has 0 bridgehead atoms. The van der Waals surface area contributed by atoms with E-state index in [4.69, 9.17) is 9.47 Å². The number of methoxy groups -OCH3 is 2. The van der Waals surface area contributed by atoms with Crippen molar-refractivity contribution in [3.05, 3.63) is 51.7 Å². The number of rotatable bonds is 11. The second kappa shape index (κ2) is 14.1. The fourth-order valence-electron chi connectivity index (χ4n) is 5.05. The lowest BCUT2D eigenvalue weighted by Gasteiger charge is -2.33. The molecule has 0 saturated heterocycles. The smallest absolute Gasteiger partial charge is 0.244 e. The number of anilines is 1. The van der Waals surface area contributed by atoms with Crippen LogP contribution in [0, 0.1) is 22.7 Å². The summed E-state index contributed by atoms with van der Waals surface area (Å²) in [6.07, 6.45) is 5.98. The Morgan fingerprint density at radius 3 is 2.67 bits per heavy atom. The first-order valence-electron chi connectivity index (χ1n) is 14.1. The maximum atomic E-state index is 12.9. The van der Waals surface area contributed by atoms with Gasteiger partial charge in [-0.3, -0.25) is 9.59 Å². The van der Waals surface area contributed by atoms with E-state index in [9.17, 15) is 14.9 Å². The topological polar surface area (TPSA) is 131 Å². The first-order chi connectivity index (χ1) is 20.6. The highest BCUT2D eigenvalue weighted by Gasteiger charge is 2.32. The number of benzene rings is 1. The van der Waals surface area contributed by atoms with Crippen molar-refractivity contribution in [1.29, 1.82) is 5.26 Å². The number of amides is 2. The van der Waals surface area contributed by atoms with E-state index in [0.29, 0.717) is 45.5 Å². The first kappa shape index (κ1) is 32.1. The largest absolute Gasteiger partial charge is 0.493 e. The van der Waals surface area contributed by atoms with Crippen LogP contribution in [0.15, 0.2) is 29.4 Å². The van der Waals surface area contributed by atoms with E-state index in [-0.39, 0.29) is 29.5 Å². The van der Waals surface area contributed by atoms with Crippen LogP contribution in [0.5, 0.6) is 11.5 Å². The van der Waals surface area contributed by atoms with E-state index in [1.807, 2.05) is 17.6 Å². The third-order valence-corrected chi connectivity index (χ3v) is 9.69. The van der Waals surface area contributed by atoms with Gasteiger partial charge >= 0.3 is 0 Å². The molecule has 228 valence electrons. The molecule has 2 amide bonds. The molecule has 2 N–H and O–H groups in total. The molecule has 0 aliphatic heterocycles. The highest BCUT2D eigenvalue weighted by Crippen LogP contribution is 2.44. The summed E-state index contributed by atoms with van der Waals surface area (Å²) in [4.78, 5) is 26.6. The predicted octanol–water partition coefficient (Wildman–Crippen LogP) is 5.46. The van der Waals surface area contributed by atoms with Crippen molar-refractivity contribution in [3.8, 4) is 17.6 Å². The second-order valence-corrected chi connectivity index (χ2v) is 13.3. The maximum absolute atomic E-state index is 12.9. The molecule has 1 aromatic carbocycles. The summed E-state index contributed by atoms with van der Waals surface area (Å²) in [7, 11) is 3.13. The standard InChI is InChI=1S/C31H38N6O4S2/c1-7-37-26(17-33-27(38)13-9-19-8-12-23(40-5)24(14-19)41-6)35-36-30(37)42-18-28(39)34-29-22(16-32)21-11-10-20(31(2,3)4)15-25(21)43-29/h8-9,12-14,20H,7,10-11,15,17-18H2,1-6H3,(H,33,38)(H,34,39)/b13-9+. The van der Waals surface area contributed by atoms with Crippen LogP contribution in [-0.4, -0.2) is 46.6 Å². The monoisotopic (exact) mass is 622 g/mol. The quantitative estimate of drug-likeness (QED) is 0.213. The molecule has 1 unspecified atom stereocenters. The zero-order chi connectivity index (χ0) is 31.1. The Balaban J connectivity index is 1.32. The molecule has 43 heavy (non-hydrogen) atoms. The fraction of sp³-hybridized carbons (Fsp3) is 0.452. The van der Waals surface area contributed by atoms with Crippen molar-refractivity contribution in [2.45, 2.75) is 65.2 Å². The van der Waals surface area contributed by atoms with Gasteiger partial charge in [-0.1, -0.05) is 38.6 Å². The van der Waals surface area contributed by atoms with Gasteiger partial charge in [-0.25, -0.2) is 0 Å². The van der Waals surface area contributed by atoms with Crippen LogP contribution in [0.1, 0.15) is 61.5 Å². The van der Waals surface area contributed by atoms with Gasteiger partial charge in [0.25, 0.3) is 0 Å². The van der Waals surface area contributed by atoms with Gasteiger partial charge in [0.1, 0.15) is 11.1 Å². The fourth-order valence-corrected chi connectivity index (χ4v) is 7.17. The molecule has 2 aromatic heterocycles. The van der Waals surface area contributed by atoms with Crippen molar-refractivity contribution in [2.75, 3.05) is 25.3 Å². The van der Waals surface area contributed by atoms with Crippen LogP contribution in [0.3, 0.4) is 0 Å². The molecule has 0 saturated carbocycles. The SMILES string of the molecule is CCn1c(CNC(=O)/C=C/c2ccc(OC)c(OC)c2)nnc1SCC(=O)Nc1sc2c(c1C#N)CCC(C(C)(C)C)C2. The molecule has 1 aliphatic rings. The number of fused-ring (bicyclic) bond motifs is 1. The minimum Gasteiger partial charge on any atom is -0.493 e. The Morgan fingerprint density at radius 2 is 2.00 bits per heavy atom. The summed E-state index contributed by atoms with van der Waals surface area (Å²) in [6.45, 7) is 9.49. The molecule has 12 heteroatoms. The van der Waals surface area contributed by atoms with Crippen LogP contribution < -0.4 is 20.1 Å². The Bertz CT molecular complexity index is 1550. The summed E-state index contributed by atoms with van der Waals surface area (Å²) >= 11 is 2.80. The van der Waals surface area contributed by atoms with Crippen molar-refractivity contribution in [3.63, 3.8) is 0 Å². The van der Waals surface area contributed by atoms with Gasteiger partial charge in [-0.2, -0.15) is 5.26 Å². The predicted molar refractivity (Wildman–Crippen MR) is 169 cm³/mol. The summed E-state index contributed by atoms with van der Waals surface area (Å²) in [6, 6.07) is 7.71. The molecule has 4 rings (SSSR count). The number of carbonyl (C=O) groups is 2. The van der Waals surface area contributed by atoms with Gasteiger partial charge < -0.3 is 24.7 Å². The zero-order valence-corrected chi connectivity index (χ0v) is 27.1. The third kappa shape index (κ3) is 7.77. The van der Waals surface area contributed by atoms with Crippen LogP contribution in [-0.2, 0) is 35.5 Å². The van der Waals surface area contributed by atoms with Crippen LogP contribution in [0.2, 0.25) is 0 Å². The van der Waals surface area contributed by atoms with Crippen LogP contribution in [0.25, 0.3) is 6.08 Å². The normalized spacial score (nSPS) is 14.7. The number of nitriles is 1. The number of nitrogens with zero attached hydrogens (tertiary/aromatic N) is 4. The first-order valence-corrected chi connectivity index (χ1v) is 15.9. The maximum Gasteiger partial charge on any atom is 0.244 e. The number of hydrogen-bond donors (Lipinski definition) is 2. The van der Waals surface area contributed by atoms with Crippen molar-refractivity contribution < 1.29 is 19.1 Å². The zero-order valence-electron chi connectivity index (χ0n) is 25.4. The van der Waals surface area contributed by atoms with Gasteiger partial charge in [-0.15, -0.1) is 21.5 Å². The molecule has 0 spiro atoms. The summed E-state index contributed by atoms with van der Waals surface area (Å²) in [5.74, 6) is 1.97. The lowest BCUT2D eigenvalue weighted by atomic mass is 9.72. The van der Waals surface area contributed by atoms with E-state index in [1.54, 1.807) is 32.4 Å². The van der Waals surface area contributed by atoms with E-state index >= 15 is 0 Å². The van der Waals surface area contributed by atoms with Crippen LogP contribution in [0.4, 0.5) is 5.00 Å². The van der Waals surface area contributed by atoms with Crippen LogP contribution >= 0.6 is 23.1 Å². The van der Waals surface area contributed by atoms with Crippen molar-refractivity contribution in [2.24, 2.45) is 11.3 Å². The van der Waals surface area contributed by atoms with Crippen molar-refractivity contribution in [1.82, 2.24) is 20.1 Å². The minimum atomic E-state index is -0.283. The number of thioether (sulfide) groups is 1. The lowest BCUT2D eigenvalue weighted by Crippen LogP contribution is -2.26. The van der Waals surface area contributed by atoms with Gasteiger partial charge in [0.2, 0.25) is 11.8 Å². The number of nitrogens with one attached hydrogen (secondary N) is 2. The lowest BCUT2D eigenvalue weighted by molar-refractivity contribution is -0.116. The Labute approximate surface area is 260 Å². The van der Waals surface area contributed by atoms with Gasteiger partial charge in [0.05, 0.1) is 32.1 Å². The molecule has 1 aliphatic carbocycles. The summed E-state index contributed by atoms with van der Waals surface area (Å²) < 4.78 is 12.4. The summed E-state index contributed by atoms with van der Waals surface area (Å²) in [5, 5.41) is 25.3. The Kier molecular flexibility index (Phi) is 10.5. The minimum absolute atomic E-state index is 0.122. The molecule has 2 heterocycles.